The lowest BCUT2D eigenvalue weighted by atomic mass is 10.2. The number of ether oxygens (including phenoxy) is 2. The Morgan fingerprint density at radius 2 is 2.00 bits per heavy atom. The van der Waals surface area contributed by atoms with Gasteiger partial charge in [0, 0.05) is 13.1 Å². The van der Waals surface area contributed by atoms with Gasteiger partial charge >= 0.3 is 6.03 Å². The van der Waals surface area contributed by atoms with E-state index in [9.17, 15) is 18.0 Å². The van der Waals surface area contributed by atoms with Gasteiger partial charge in [0.25, 0.3) is 0 Å². The summed E-state index contributed by atoms with van der Waals surface area (Å²) in [7, 11) is -3.92. The van der Waals surface area contributed by atoms with E-state index in [0.29, 0.717) is 17.1 Å². The molecule has 1 aromatic rings. The lowest BCUT2D eigenvalue weighted by molar-refractivity contribution is -0.120. The van der Waals surface area contributed by atoms with Gasteiger partial charge in [0.15, 0.2) is 16.7 Å². The second-order valence-electron chi connectivity index (χ2n) is 4.74. The Morgan fingerprint density at radius 1 is 1.23 bits per heavy atom. The molecule has 0 aromatic heterocycles. The lowest BCUT2D eigenvalue weighted by Gasteiger charge is -2.22. The molecule has 1 aromatic carbocycles. The third kappa shape index (κ3) is 2.83. The van der Waals surface area contributed by atoms with Crippen LogP contribution in [0.4, 0.5) is 4.79 Å². The summed E-state index contributed by atoms with van der Waals surface area (Å²) in [6, 6.07) is 4.33. The topological polar surface area (TPSA) is 123 Å². The van der Waals surface area contributed by atoms with E-state index in [0.717, 1.165) is 0 Å². The largest absolute Gasteiger partial charge is 0.454 e. The lowest BCUT2D eigenvalue weighted by Crippen LogP contribution is -2.59. The molecule has 0 spiro atoms. The summed E-state index contributed by atoms with van der Waals surface area (Å²) in [5.74, 6) is 0.294. The molecule has 1 saturated heterocycles. The second kappa shape index (κ2) is 5.46. The van der Waals surface area contributed by atoms with Crippen molar-refractivity contribution in [2.75, 3.05) is 13.3 Å². The first kappa shape index (κ1) is 14.6. The molecule has 2 heterocycles. The third-order valence-electron chi connectivity index (χ3n) is 3.27. The molecule has 10 heteroatoms. The van der Waals surface area contributed by atoms with Crippen LogP contribution in [0.5, 0.6) is 11.5 Å². The average molecular weight is 327 g/mol. The van der Waals surface area contributed by atoms with Crippen LogP contribution in [0.1, 0.15) is 5.56 Å². The van der Waals surface area contributed by atoms with Gasteiger partial charge < -0.3 is 14.8 Å². The SMILES string of the molecule is O=C1NCC(S(=O)(=O)NCc2ccc3c(c2)OCO3)C(=O)N1. The van der Waals surface area contributed by atoms with E-state index in [4.69, 9.17) is 9.47 Å². The van der Waals surface area contributed by atoms with Crippen molar-refractivity contribution in [1.29, 1.82) is 0 Å². The minimum absolute atomic E-state index is 0.00327. The van der Waals surface area contributed by atoms with Crippen molar-refractivity contribution in [2.24, 2.45) is 0 Å². The van der Waals surface area contributed by atoms with Crippen LogP contribution < -0.4 is 24.8 Å². The summed E-state index contributed by atoms with van der Waals surface area (Å²) in [5.41, 5.74) is 0.660. The molecular weight excluding hydrogens is 314 g/mol. The van der Waals surface area contributed by atoms with E-state index >= 15 is 0 Å². The molecule has 2 aliphatic rings. The number of carbonyl (C=O) groups excluding carboxylic acids is 2. The number of nitrogens with one attached hydrogen (secondary N) is 3. The number of hydrogen-bond donors (Lipinski definition) is 3. The van der Waals surface area contributed by atoms with E-state index in [2.05, 4.69) is 10.0 Å². The molecule has 3 rings (SSSR count). The minimum atomic E-state index is -3.92. The number of fused-ring (bicyclic) bond motifs is 1. The maximum atomic E-state index is 12.1. The fourth-order valence-electron chi connectivity index (χ4n) is 2.10. The van der Waals surface area contributed by atoms with Crippen molar-refractivity contribution >= 4 is 22.0 Å². The maximum absolute atomic E-state index is 12.1. The first-order chi connectivity index (χ1) is 10.5. The highest BCUT2D eigenvalue weighted by molar-refractivity contribution is 7.90. The Hall–Kier alpha value is -2.33. The van der Waals surface area contributed by atoms with Gasteiger partial charge in [-0.2, -0.15) is 0 Å². The Bertz CT molecular complexity index is 732. The molecule has 3 amide bonds. The third-order valence-corrected chi connectivity index (χ3v) is 4.94. The molecule has 1 unspecified atom stereocenters. The van der Waals surface area contributed by atoms with E-state index in [1.54, 1.807) is 18.2 Å². The molecule has 1 fully saturated rings. The number of sulfonamides is 1. The highest BCUT2D eigenvalue weighted by Crippen LogP contribution is 2.32. The zero-order valence-electron chi connectivity index (χ0n) is 11.3. The van der Waals surface area contributed by atoms with E-state index in [1.807, 2.05) is 5.32 Å². The normalized spacial score (nSPS) is 20.5. The van der Waals surface area contributed by atoms with Gasteiger partial charge in [-0.05, 0) is 17.7 Å². The number of carbonyl (C=O) groups is 2. The van der Waals surface area contributed by atoms with Crippen LogP contribution in [0.2, 0.25) is 0 Å². The van der Waals surface area contributed by atoms with Crippen LogP contribution in [0.15, 0.2) is 18.2 Å². The molecule has 9 nitrogen and oxygen atoms in total. The van der Waals surface area contributed by atoms with Crippen molar-refractivity contribution in [3.8, 4) is 11.5 Å². The molecule has 2 aliphatic heterocycles. The molecule has 0 bridgehead atoms. The van der Waals surface area contributed by atoms with Gasteiger partial charge in [0.1, 0.15) is 0 Å². The van der Waals surface area contributed by atoms with E-state index < -0.39 is 27.2 Å². The summed E-state index contributed by atoms with van der Waals surface area (Å²) in [6.45, 7) is -0.135. The van der Waals surface area contributed by atoms with Crippen LogP contribution in [0, 0.1) is 0 Å². The number of rotatable bonds is 4. The van der Waals surface area contributed by atoms with Gasteiger partial charge in [-0.3, -0.25) is 10.1 Å². The second-order valence-corrected chi connectivity index (χ2v) is 6.69. The number of imide groups is 1. The van der Waals surface area contributed by atoms with Gasteiger partial charge in [-0.1, -0.05) is 6.07 Å². The fraction of sp³-hybridized carbons (Fsp3) is 0.333. The van der Waals surface area contributed by atoms with E-state index in [-0.39, 0.29) is 19.9 Å². The van der Waals surface area contributed by atoms with Crippen molar-refractivity contribution in [1.82, 2.24) is 15.4 Å². The highest BCUT2D eigenvalue weighted by atomic mass is 32.2. The molecular formula is C12H13N3O6S. The van der Waals surface area contributed by atoms with Crippen LogP contribution >= 0.6 is 0 Å². The number of amides is 3. The molecule has 3 N–H and O–H groups in total. The highest BCUT2D eigenvalue weighted by Gasteiger charge is 2.36. The van der Waals surface area contributed by atoms with Gasteiger partial charge in [-0.15, -0.1) is 0 Å². The summed E-state index contributed by atoms with van der Waals surface area (Å²) in [4.78, 5) is 22.5. The minimum Gasteiger partial charge on any atom is -0.454 e. The standard InChI is InChI=1S/C12H13N3O6S/c16-11-10(5-13-12(17)15-11)22(18,19)14-4-7-1-2-8-9(3-7)21-6-20-8/h1-3,10,14H,4-6H2,(H2,13,15,16,17). The van der Waals surface area contributed by atoms with Crippen molar-refractivity contribution in [2.45, 2.75) is 11.8 Å². The Labute approximate surface area is 126 Å². The van der Waals surface area contributed by atoms with Crippen LogP contribution in [0.25, 0.3) is 0 Å². The summed E-state index contributed by atoms with van der Waals surface area (Å²) >= 11 is 0. The Balaban J connectivity index is 1.67. The van der Waals surface area contributed by atoms with Crippen LogP contribution in [-0.2, 0) is 21.4 Å². The predicted octanol–water partition coefficient (Wildman–Crippen LogP) is -0.957. The quantitative estimate of drug-likeness (QED) is 0.655. The molecule has 1 atom stereocenters. The monoisotopic (exact) mass is 327 g/mol. The zero-order valence-corrected chi connectivity index (χ0v) is 12.1. The summed E-state index contributed by atoms with van der Waals surface area (Å²) in [5, 5.41) is 2.84. The number of hydrogen-bond acceptors (Lipinski definition) is 6. The zero-order chi connectivity index (χ0) is 15.7. The van der Waals surface area contributed by atoms with E-state index in [1.165, 1.54) is 0 Å². The molecule has 0 aliphatic carbocycles. The van der Waals surface area contributed by atoms with Gasteiger partial charge in [0.05, 0.1) is 0 Å². The van der Waals surface area contributed by atoms with Crippen LogP contribution in [0.3, 0.4) is 0 Å². The number of benzene rings is 1. The average Bonchev–Trinajstić information content (AvgIpc) is 2.92. The molecule has 0 radical (unpaired) electrons. The fourth-order valence-corrected chi connectivity index (χ4v) is 3.31. The van der Waals surface area contributed by atoms with Crippen LogP contribution in [-0.4, -0.2) is 38.9 Å². The Kier molecular flexibility index (Phi) is 3.62. The summed E-state index contributed by atoms with van der Waals surface area (Å²) in [6.07, 6.45) is 0. The van der Waals surface area contributed by atoms with Crippen molar-refractivity contribution in [3.63, 3.8) is 0 Å². The Morgan fingerprint density at radius 3 is 2.77 bits per heavy atom. The molecule has 118 valence electrons. The smallest absolute Gasteiger partial charge is 0.321 e. The first-order valence-electron chi connectivity index (χ1n) is 6.41. The maximum Gasteiger partial charge on any atom is 0.321 e. The molecule has 22 heavy (non-hydrogen) atoms. The number of urea groups is 1. The van der Waals surface area contributed by atoms with Crippen molar-refractivity contribution < 1.29 is 27.5 Å². The molecule has 0 saturated carbocycles. The summed E-state index contributed by atoms with van der Waals surface area (Å²) < 4.78 is 37.0. The predicted molar refractivity (Wildman–Crippen MR) is 73.7 cm³/mol. The van der Waals surface area contributed by atoms with Gasteiger partial charge in [-0.25, -0.2) is 17.9 Å². The van der Waals surface area contributed by atoms with Crippen molar-refractivity contribution in [3.05, 3.63) is 23.8 Å². The van der Waals surface area contributed by atoms with Gasteiger partial charge in [0.2, 0.25) is 22.7 Å². The first-order valence-corrected chi connectivity index (χ1v) is 7.96.